The summed E-state index contributed by atoms with van der Waals surface area (Å²) in [5.41, 5.74) is 3.52. The molecule has 0 aliphatic carbocycles. The van der Waals surface area contributed by atoms with Crippen molar-refractivity contribution < 1.29 is 27.5 Å². The van der Waals surface area contributed by atoms with E-state index >= 15 is 0 Å². The minimum absolute atomic E-state index is 0.0226. The summed E-state index contributed by atoms with van der Waals surface area (Å²) in [6.07, 6.45) is 0.258. The van der Waals surface area contributed by atoms with Gasteiger partial charge in [0.2, 0.25) is 21.8 Å². The molecule has 2 aromatic carbocycles. The Balaban J connectivity index is 1.83. The second kappa shape index (κ2) is 10.7. The van der Waals surface area contributed by atoms with Gasteiger partial charge >= 0.3 is 0 Å². The number of ether oxygens (including phenoxy) is 1. The van der Waals surface area contributed by atoms with Crippen LogP contribution in [0.3, 0.4) is 0 Å². The van der Waals surface area contributed by atoms with Crippen molar-refractivity contribution in [3.05, 3.63) is 48.0 Å². The van der Waals surface area contributed by atoms with Crippen molar-refractivity contribution in [2.75, 3.05) is 30.0 Å². The van der Waals surface area contributed by atoms with Crippen LogP contribution in [0, 0.1) is 0 Å². The number of carbonyl (C=O) groups excluding carboxylic acids is 3. The van der Waals surface area contributed by atoms with E-state index < -0.39 is 15.9 Å². The fraction of sp³-hybridized carbons (Fsp3) is 0.348. The monoisotopic (exact) mass is 488 g/mol. The van der Waals surface area contributed by atoms with E-state index in [0.717, 1.165) is 5.01 Å². The number of nitrogens with zero attached hydrogens (tertiary/aromatic N) is 2. The maximum absolute atomic E-state index is 13.1. The minimum atomic E-state index is -3.82. The van der Waals surface area contributed by atoms with E-state index in [1.54, 1.807) is 39.0 Å². The van der Waals surface area contributed by atoms with Gasteiger partial charge in [-0.25, -0.2) is 13.4 Å². The summed E-state index contributed by atoms with van der Waals surface area (Å²) >= 11 is 0. The number of carbonyl (C=O) groups is 3. The van der Waals surface area contributed by atoms with E-state index in [9.17, 15) is 22.8 Å². The Hall–Kier alpha value is -3.44. The van der Waals surface area contributed by atoms with Crippen molar-refractivity contribution in [1.29, 1.82) is 0 Å². The molecular weight excluding hydrogens is 460 g/mol. The average molecular weight is 489 g/mol. The molecule has 11 heteroatoms. The fourth-order valence-electron chi connectivity index (χ4n) is 3.51. The van der Waals surface area contributed by atoms with Gasteiger partial charge in [0.15, 0.2) is 0 Å². The smallest absolute Gasteiger partial charge is 0.255 e. The first kappa shape index (κ1) is 25.2. The van der Waals surface area contributed by atoms with Crippen LogP contribution in [0.5, 0.6) is 5.75 Å². The van der Waals surface area contributed by atoms with E-state index in [1.807, 2.05) is 0 Å². The van der Waals surface area contributed by atoms with Gasteiger partial charge in [0.25, 0.3) is 5.91 Å². The summed E-state index contributed by atoms with van der Waals surface area (Å²) in [5.74, 6) is -0.749. The molecule has 0 aromatic heterocycles. The number of hydrogen-bond donors (Lipinski definition) is 2. The van der Waals surface area contributed by atoms with Gasteiger partial charge < -0.3 is 10.1 Å². The molecule has 1 fully saturated rings. The Bertz CT molecular complexity index is 1180. The third-order valence-electron chi connectivity index (χ3n) is 5.26. The minimum Gasteiger partial charge on any atom is -0.492 e. The number of sulfonamides is 1. The Labute approximate surface area is 198 Å². The van der Waals surface area contributed by atoms with Crippen LogP contribution >= 0.6 is 0 Å². The summed E-state index contributed by atoms with van der Waals surface area (Å²) in [5, 5.41) is 3.86. The predicted molar refractivity (Wildman–Crippen MR) is 127 cm³/mol. The molecule has 0 radical (unpaired) electrons. The lowest BCUT2D eigenvalue weighted by molar-refractivity contribution is -0.130. The zero-order valence-electron chi connectivity index (χ0n) is 19.3. The topological polar surface area (TPSA) is 125 Å². The number of nitrogens with one attached hydrogen (secondary N) is 2. The molecule has 1 heterocycles. The van der Waals surface area contributed by atoms with E-state index in [-0.39, 0.29) is 35.3 Å². The third kappa shape index (κ3) is 5.37. The van der Waals surface area contributed by atoms with Crippen LogP contribution in [0.1, 0.15) is 44.0 Å². The zero-order chi connectivity index (χ0) is 24.9. The molecule has 34 heavy (non-hydrogen) atoms. The summed E-state index contributed by atoms with van der Waals surface area (Å²) < 4.78 is 33.0. The first-order valence-corrected chi connectivity index (χ1v) is 12.5. The van der Waals surface area contributed by atoms with Crippen LogP contribution in [0.25, 0.3) is 0 Å². The lowest BCUT2D eigenvalue weighted by atomic mass is 10.1. The van der Waals surface area contributed by atoms with E-state index in [0.29, 0.717) is 36.6 Å². The van der Waals surface area contributed by atoms with Gasteiger partial charge in [-0.05, 0) is 49.4 Å². The second-order valence-electron chi connectivity index (χ2n) is 7.45. The SMILES string of the molecule is CCOc1ccc(NC(=O)c2ccc(N3NC(=O)CCC3=O)cc2)cc1S(=O)(=O)N(CC)CC. The summed E-state index contributed by atoms with van der Waals surface area (Å²) in [6.45, 7) is 6.15. The van der Waals surface area contributed by atoms with Crippen LogP contribution in [-0.4, -0.2) is 50.1 Å². The molecular formula is C23H28N4O6S. The highest BCUT2D eigenvalue weighted by Crippen LogP contribution is 2.30. The molecule has 3 rings (SSSR count). The normalized spacial score (nSPS) is 14.2. The van der Waals surface area contributed by atoms with Gasteiger partial charge in [0, 0.05) is 37.2 Å². The van der Waals surface area contributed by atoms with Gasteiger partial charge in [-0.15, -0.1) is 0 Å². The van der Waals surface area contributed by atoms with Crippen LogP contribution in [-0.2, 0) is 19.6 Å². The highest BCUT2D eigenvalue weighted by Gasteiger charge is 2.27. The molecule has 1 aliphatic rings. The van der Waals surface area contributed by atoms with Crippen LogP contribution in [0.2, 0.25) is 0 Å². The number of amides is 3. The standard InChI is InChI=1S/C23H28N4O6S/c1-4-26(5-2)34(31,32)20-15-17(9-12-19(20)33-6-3)24-23(30)16-7-10-18(11-8-16)27-22(29)14-13-21(28)25-27/h7-12,15H,4-6,13-14H2,1-3H3,(H,24,30)(H,25,28). The van der Waals surface area contributed by atoms with Gasteiger partial charge in [-0.2, -0.15) is 4.31 Å². The molecule has 0 spiro atoms. The molecule has 2 aromatic rings. The maximum atomic E-state index is 13.1. The number of hydrazine groups is 1. The Morgan fingerprint density at radius 3 is 2.35 bits per heavy atom. The van der Waals surface area contributed by atoms with Gasteiger partial charge in [-0.1, -0.05) is 13.8 Å². The highest BCUT2D eigenvalue weighted by molar-refractivity contribution is 7.89. The van der Waals surface area contributed by atoms with Crippen LogP contribution in [0.4, 0.5) is 11.4 Å². The Morgan fingerprint density at radius 1 is 1.06 bits per heavy atom. The van der Waals surface area contributed by atoms with Gasteiger partial charge in [0.05, 0.1) is 12.3 Å². The molecule has 10 nitrogen and oxygen atoms in total. The molecule has 3 amide bonds. The Morgan fingerprint density at radius 2 is 1.74 bits per heavy atom. The third-order valence-corrected chi connectivity index (χ3v) is 7.34. The summed E-state index contributed by atoms with van der Waals surface area (Å²) in [6, 6.07) is 10.6. The quantitative estimate of drug-likeness (QED) is 0.559. The van der Waals surface area contributed by atoms with E-state index in [4.69, 9.17) is 4.74 Å². The maximum Gasteiger partial charge on any atom is 0.255 e. The lowest BCUT2D eigenvalue weighted by Gasteiger charge is -2.27. The number of rotatable bonds is 9. The average Bonchev–Trinajstić information content (AvgIpc) is 2.82. The number of benzene rings is 2. The molecule has 0 saturated carbocycles. The first-order valence-electron chi connectivity index (χ1n) is 11.0. The van der Waals surface area contributed by atoms with Crippen molar-refractivity contribution in [1.82, 2.24) is 9.73 Å². The van der Waals surface area contributed by atoms with E-state index in [2.05, 4.69) is 10.7 Å². The molecule has 1 saturated heterocycles. The van der Waals surface area contributed by atoms with Crippen molar-refractivity contribution in [3.8, 4) is 5.75 Å². The van der Waals surface area contributed by atoms with Gasteiger partial charge in [0.1, 0.15) is 10.6 Å². The summed E-state index contributed by atoms with van der Waals surface area (Å²) in [4.78, 5) is 36.4. The van der Waals surface area contributed by atoms with E-state index in [1.165, 1.54) is 28.6 Å². The fourth-order valence-corrected chi connectivity index (χ4v) is 5.13. The molecule has 0 bridgehead atoms. The molecule has 182 valence electrons. The Kier molecular flexibility index (Phi) is 7.90. The number of hydrogen-bond acceptors (Lipinski definition) is 6. The largest absolute Gasteiger partial charge is 0.492 e. The zero-order valence-corrected chi connectivity index (χ0v) is 20.1. The molecule has 1 aliphatic heterocycles. The van der Waals surface area contributed by atoms with Crippen molar-refractivity contribution in [2.45, 2.75) is 38.5 Å². The lowest BCUT2D eigenvalue weighted by Crippen LogP contribution is -2.50. The van der Waals surface area contributed by atoms with Crippen molar-refractivity contribution in [3.63, 3.8) is 0 Å². The molecule has 0 unspecified atom stereocenters. The molecule has 0 atom stereocenters. The first-order chi connectivity index (χ1) is 16.2. The van der Waals surface area contributed by atoms with Crippen molar-refractivity contribution in [2.24, 2.45) is 0 Å². The molecule has 2 N–H and O–H groups in total. The summed E-state index contributed by atoms with van der Waals surface area (Å²) in [7, 11) is -3.82. The highest BCUT2D eigenvalue weighted by atomic mass is 32.2. The van der Waals surface area contributed by atoms with Crippen LogP contribution < -0.4 is 20.5 Å². The van der Waals surface area contributed by atoms with Crippen LogP contribution in [0.15, 0.2) is 47.4 Å². The number of anilines is 2. The van der Waals surface area contributed by atoms with Crippen molar-refractivity contribution >= 4 is 39.1 Å². The second-order valence-corrected chi connectivity index (χ2v) is 9.36. The van der Waals surface area contributed by atoms with Gasteiger partial charge in [-0.3, -0.25) is 19.8 Å². The predicted octanol–water partition coefficient (Wildman–Crippen LogP) is 2.53.